The summed E-state index contributed by atoms with van der Waals surface area (Å²) in [5, 5.41) is 33.9. The monoisotopic (exact) mass is 546 g/mol. The third-order valence-corrected chi connectivity index (χ3v) is 5.16. The standard InChI is InChI=1S/C21H38N8O9/c22-8-2-1-4-12(27-17(34)11(23)6-7-15(30)31)18(35)28-13(5-3-9-26-21(24)25)19(36)29-14(20(37)38)10-16(32)33/h11-14H,1-10,22-23H2,(H,27,34)(H,28,35)(H,29,36)(H,30,31)(H,32,33)(H,37,38)(H4,24,25,26). The number of nitrogens with zero attached hydrogens (tertiary/aromatic N) is 1. The van der Waals surface area contributed by atoms with E-state index in [1.54, 1.807) is 0 Å². The van der Waals surface area contributed by atoms with Gasteiger partial charge in [-0.15, -0.1) is 0 Å². The average molecular weight is 547 g/mol. The molecule has 4 atom stereocenters. The summed E-state index contributed by atoms with van der Waals surface area (Å²) < 4.78 is 0. The number of hydrogen-bond acceptors (Lipinski definition) is 9. The lowest BCUT2D eigenvalue weighted by Crippen LogP contribution is -2.57. The number of nitrogens with one attached hydrogen (secondary N) is 3. The lowest BCUT2D eigenvalue weighted by atomic mass is 10.0. The summed E-state index contributed by atoms with van der Waals surface area (Å²) in [4.78, 5) is 75.2. The predicted molar refractivity (Wildman–Crippen MR) is 133 cm³/mol. The molecule has 0 heterocycles. The summed E-state index contributed by atoms with van der Waals surface area (Å²) in [7, 11) is 0. The lowest BCUT2D eigenvalue weighted by molar-refractivity contribution is -0.147. The van der Waals surface area contributed by atoms with E-state index < -0.39 is 66.2 Å². The first-order valence-corrected chi connectivity index (χ1v) is 11.9. The highest BCUT2D eigenvalue weighted by Crippen LogP contribution is 2.07. The zero-order chi connectivity index (χ0) is 29.3. The first kappa shape index (κ1) is 34.0. The molecule has 38 heavy (non-hydrogen) atoms. The number of carbonyl (C=O) groups excluding carboxylic acids is 3. The Morgan fingerprint density at radius 2 is 1.24 bits per heavy atom. The molecule has 0 fully saturated rings. The molecule has 14 N–H and O–H groups in total. The maximum atomic E-state index is 13.1. The summed E-state index contributed by atoms with van der Waals surface area (Å²) >= 11 is 0. The van der Waals surface area contributed by atoms with Gasteiger partial charge in [0, 0.05) is 13.0 Å². The topological polar surface area (TPSA) is 316 Å². The van der Waals surface area contributed by atoms with E-state index >= 15 is 0 Å². The van der Waals surface area contributed by atoms with Crippen LogP contribution in [-0.2, 0) is 28.8 Å². The Labute approximate surface area is 218 Å². The summed E-state index contributed by atoms with van der Waals surface area (Å²) in [6.07, 6.45) is -0.275. The van der Waals surface area contributed by atoms with Crippen molar-refractivity contribution in [2.24, 2.45) is 27.9 Å². The molecular weight excluding hydrogens is 508 g/mol. The van der Waals surface area contributed by atoms with E-state index in [9.17, 15) is 33.9 Å². The van der Waals surface area contributed by atoms with Gasteiger partial charge in [-0.2, -0.15) is 0 Å². The van der Waals surface area contributed by atoms with Crippen LogP contribution in [0.5, 0.6) is 0 Å². The van der Waals surface area contributed by atoms with Crippen LogP contribution in [0.15, 0.2) is 4.99 Å². The van der Waals surface area contributed by atoms with Gasteiger partial charge in [-0.1, -0.05) is 0 Å². The highest BCUT2D eigenvalue weighted by Gasteiger charge is 2.31. The predicted octanol–water partition coefficient (Wildman–Crippen LogP) is -3.63. The molecule has 0 aromatic heterocycles. The highest BCUT2D eigenvalue weighted by atomic mass is 16.4. The van der Waals surface area contributed by atoms with Crippen molar-refractivity contribution in [1.29, 1.82) is 0 Å². The molecule has 0 bridgehead atoms. The summed E-state index contributed by atoms with van der Waals surface area (Å²) in [5.41, 5.74) is 21.7. The molecule has 0 radical (unpaired) electrons. The number of carboxylic acids is 3. The number of aliphatic carboxylic acids is 3. The molecule has 3 amide bonds. The minimum atomic E-state index is -1.76. The van der Waals surface area contributed by atoms with Gasteiger partial charge in [0.25, 0.3) is 0 Å². The minimum Gasteiger partial charge on any atom is -0.481 e. The second kappa shape index (κ2) is 18.3. The molecule has 17 nitrogen and oxygen atoms in total. The Hall–Kier alpha value is -3.99. The van der Waals surface area contributed by atoms with Crippen molar-refractivity contribution in [3.05, 3.63) is 0 Å². The molecule has 0 spiro atoms. The van der Waals surface area contributed by atoms with Crippen molar-refractivity contribution in [1.82, 2.24) is 16.0 Å². The molecule has 0 aliphatic rings. The van der Waals surface area contributed by atoms with Crippen LogP contribution in [-0.4, -0.2) is 94.2 Å². The Kier molecular flexibility index (Phi) is 16.4. The summed E-state index contributed by atoms with van der Waals surface area (Å²) in [6, 6.07) is -5.47. The summed E-state index contributed by atoms with van der Waals surface area (Å²) in [5.74, 6) is -6.95. The fourth-order valence-electron chi connectivity index (χ4n) is 3.14. The van der Waals surface area contributed by atoms with E-state index in [0.717, 1.165) is 0 Å². The van der Waals surface area contributed by atoms with E-state index in [1.807, 2.05) is 0 Å². The average Bonchev–Trinajstić information content (AvgIpc) is 2.82. The van der Waals surface area contributed by atoms with Gasteiger partial charge in [0.1, 0.15) is 18.1 Å². The van der Waals surface area contributed by atoms with Crippen LogP contribution < -0.4 is 38.9 Å². The molecule has 0 aromatic rings. The van der Waals surface area contributed by atoms with Crippen LogP contribution in [0.2, 0.25) is 0 Å². The van der Waals surface area contributed by atoms with Crippen molar-refractivity contribution >= 4 is 41.6 Å². The third-order valence-electron chi connectivity index (χ3n) is 5.16. The number of unbranched alkanes of at least 4 members (excludes halogenated alkanes) is 1. The SMILES string of the molecule is NCCCCC(NC(=O)C(N)CCC(=O)O)C(=O)NC(CCCN=C(N)N)C(=O)NC(CC(=O)O)C(=O)O. The second-order valence-electron chi connectivity index (χ2n) is 8.39. The van der Waals surface area contributed by atoms with Crippen LogP contribution in [0.3, 0.4) is 0 Å². The Morgan fingerprint density at radius 3 is 1.71 bits per heavy atom. The largest absolute Gasteiger partial charge is 0.481 e. The molecule has 4 unspecified atom stereocenters. The number of hydrogen-bond donors (Lipinski definition) is 10. The highest BCUT2D eigenvalue weighted by molar-refractivity contribution is 5.94. The normalized spacial score (nSPS) is 13.7. The fourth-order valence-corrected chi connectivity index (χ4v) is 3.14. The van der Waals surface area contributed by atoms with Gasteiger partial charge in [0.2, 0.25) is 17.7 Å². The van der Waals surface area contributed by atoms with Crippen molar-refractivity contribution < 1.29 is 44.1 Å². The Morgan fingerprint density at radius 1 is 0.711 bits per heavy atom. The molecule has 0 saturated heterocycles. The van der Waals surface area contributed by atoms with E-state index in [1.165, 1.54) is 0 Å². The zero-order valence-corrected chi connectivity index (χ0v) is 20.9. The maximum Gasteiger partial charge on any atom is 0.326 e. The summed E-state index contributed by atoms with van der Waals surface area (Å²) in [6.45, 7) is 0.394. The third kappa shape index (κ3) is 15.2. The smallest absolute Gasteiger partial charge is 0.326 e. The van der Waals surface area contributed by atoms with E-state index in [2.05, 4.69) is 20.9 Å². The van der Waals surface area contributed by atoms with Crippen LogP contribution in [0.4, 0.5) is 0 Å². The van der Waals surface area contributed by atoms with Gasteiger partial charge in [0.05, 0.1) is 12.5 Å². The van der Waals surface area contributed by atoms with E-state index in [4.69, 9.17) is 33.1 Å². The van der Waals surface area contributed by atoms with Gasteiger partial charge in [-0.05, 0) is 45.1 Å². The van der Waals surface area contributed by atoms with Crippen molar-refractivity contribution in [2.75, 3.05) is 13.1 Å². The van der Waals surface area contributed by atoms with Gasteiger partial charge >= 0.3 is 17.9 Å². The molecule has 0 aliphatic heterocycles. The molecular formula is C21H38N8O9. The number of carboxylic acid groups (broad SMARTS) is 3. The number of guanidine groups is 1. The van der Waals surface area contributed by atoms with E-state index in [0.29, 0.717) is 19.4 Å². The number of aliphatic imine (C=N–C) groups is 1. The van der Waals surface area contributed by atoms with Crippen LogP contribution in [0.1, 0.15) is 51.4 Å². The number of carbonyl (C=O) groups is 6. The number of nitrogens with two attached hydrogens (primary N) is 4. The van der Waals surface area contributed by atoms with Gasteiger partial charge in [-0.3, -0.25) is 29.0 Å². The number of rotatable bonds is 20. The molecule has 0 rings (SSSR count). The van der Waals surface area contributed by atoms with Crippen LogP contribution in [0.25, 0.3) is 0 Å². The number of amides is 3. The van der Waals surface area contributed by atoms with Gasteiger partial charge in [0.15, 0.2) is 5.96 Å². The Balaban J connectivity index is 5.66. The lowest BCUT2D eigenvalue weighted by Gasteiger charge is -2.25. The molecule has 0 aliphatic carbocycles. The first-order chi connectivity index (χ1) is 17.8. The van der Waals surface area contributed by atoms with Gasteiger partial charge < -0.3 is 54.2 Å². The van der Waals surface area contributed by atoms with Crippen LogP contribution in [0, 0.1) is 0 Å². The van der Waals surface area contributed by atoms with Gasteiger partial charge in [-0.25, -0.2) is 4.79 Å². The zero-order valence-electron chi connectivity index (χ0n) is 20.9. The first-order valence-electron chi connectivity index (χ1n) is 11.9. The quantitative estimate of drug-likeness (QED) is 0.0401. The molecule has 17 heteroatoms. The van der Waals surface area contributed by atoms with Crippen molar-refractivity contribution in [3.8, 4) is 0 Å². The van der Waals surface area contributed by atoms with E-state index in [-0.39, 0.29) is 44.6 Å². The van der Waals surface area contributed by atoms with Crippen molar-refractivity contribution in [3.63, 3.8) is 0 Å². The maximum absolute atomic E-state index is 13.1. The minimum absolute atomic E-state index is 0.0602. The van der Waals surface area contributed by atoms with Crippen molar-refractivity contribution in [2.45, 2.75) is 75.5 Å². The second-order valence-corrected chi connectivity index (χ2v) is 8.39. The van der Waals surface area contributed by atoms with Crippen LogP contribution >= 0.6 is 0 Å². The molecule has 216 valence electrons. The Bertz CT molecular complexity index is 864. The molecule has 0 saturated carbocycles. The fraction of sp³-hybridized carbons (Fsp3) is 0.667. The molecule has 0 aromatic carbocycles.